The Bertz CT molecular complexity index is 704. The fourth-order valence-corrected chi connectivity index (χ4v) is 2.97. The van der Waals surface area contributed by atoms with E-state index in [1.165, 1.54) is 23.9 Å². The summed E-state index contributed by atoms with van der Waals surface area (Å²) in [6.07, 6.45) is 1.64. The largest absolute Gasteiger partial charge is 0.508 e. The first-order chi connectivity index (χ1) is 9.15. The molecule has 0 saturated heterocycles. The van der Waals surface area contributed by atoms with Crippen molar-refractivity contribution < 1.29 is 15.0 Å². The molecule has 19 heavy (non-hydrogen) atoms. The Kier molecular flexibility index (Phi) is 2.80. The standard InChI is InChI=1S/C15H10O3S/c16-10-6-5-9(12(17)8-10)7-14-15(18)11-3-1-2-4-13(11)19-14/h1-8,16-17H/b14-7-. The topological polar surface area (TPSA) is 57.5 Å². The fourth-order valence-electron chi connectivity index (χ4n) is 1.93. The molecular weight excluding hydrogens is 260 g/mol. The average Bonchev–Trinajstić information content (AvgIpc) is 2.70. The molecular formula is C15H10O3S. The fraction of sp³-hybridized carbons (Fsp3) is 0. The van der Waals surface area contributed by atoms with Crippen LogP contribution >= 0.6 is 11.8 Å². The van der Waals surface area contributed by atoms with Gasteiger partial charge in [-0.2, -0.15) is 0 Å². The second kappa shape index (κ2) is 4.48. The third-order valence-electron chi connectivity index (χ3n) is 2.88. The van der Waals surface area contributed by atoms with Crippen LogP contribution in [0.4, 0.5) is 0 Å². The van der Waals surface area contributed by atoms with Gasteiger partial charge in [-0.05, 0) is 30.3 Å². The van der Waals surface area contributed by atoms with Crippen molar-refractivity contribution in [3.05, 3.63) is 58.5 Å². The molecule has 0 aliphatic carbocycles. The molecule has 2 N–H and O–H groups in total. The van der Waals surface area contributed by atoms with E-state index in [1.54, 1.807) is 18.2 Å². The summed E-state index contributed by atoms with van der Waals surface area (Å²) >= 11 is 1.39. The number of carbonyl (C=O) groups is 1. The smallest absolute Gasteiger partial charge is 0.200 e. The summed E-state index contributed by atoms with van der Waals surface area (Å²) in [5.41, 5.74) is 1.21. The van der Waals surface area contributed by atoms with Gasteiger partial charge in [0.05, 0.1) is 4.91 Å². The Morgan fingerprint density at radius 3 is 2.58 bits per heavy atom. The molecule has 1 aliphatic rings. The number of fused-ring (bicyclic) bond motifs is 1. The van der Waals surface area contributed by atoms with Crippen LogP contribution in [0.1, 0.15) is 15.9 Å². The molecule has 94 valence electrons. The maximum Gasteiger partial charge on any atom is 0.200 e. The predicted molar refractivity (Wildman–Crippen MR) is 74.4 cm³/mol. The number of thioether (sulfide) groups is 1. The molecule has 2 aromatic carbocycles. The van der Waals surface area contributed by atoms with Crippen LogP contribution in [-0.4, -0.2) is 16.0 Å². The number of phenolic OH excluding ortho intramolecular Hbond substituents is 2. The summed E-state index contributed by atoms with van der Waals surface area (Å²) in [6.45, 7) is 0. The summed E-state index contributed by atoms with van der Waals surface area (Å²) in [4.78, 5) is 13.7. The Hall–Kier alpha value is -2.20. The van der Waals surface area contributed by atoms with Crippen LogP contribution in [0, 0.1) is 0 Å². The second-order valence-corrected chi connectivity index (χ2v) is 5.26. The maximum atomic E-state index is 12.2. The molecule has 2 aromatic rings. The van der Waals surface area contributed by atoms with Gasteiger partial charge in [0.2, 0.25) is 5.78 Å². The first-order valence-electron chi connectivity index (χ1n) is 5.70. The van der Waals surface area contributed by atoms with Gasteiger partial charge in [-0.15, -0.1) is 0 Å². The van der Waals surface area contributed by atoms with Gasteiger partial charge >= 0.3 is 0 Å². The van der Waals surface area contributed by atoms with Crippen molar-refractivity contribution in [3.8, 4) is 11.5 Å². The van der Waals surface area contributed by atoms with Crippen molar-refractivity contribution in [2.75, 3.05) is 0 Å². The monoisotopic (exact) mass is 270 g/mol. The Balaban J connectivity index is 2.01. The highest BCUT2D eigenvalue weighted by Gasteiger charge is 2.25. The SMILES string of the molecule is O=C1/C(=C/c2ccc(O)cc2O)Sc2ccccc21. The van der Waals surface area contributed by atoms with Gasteiger partial charge < -0.3 is 10.2 Å². The highest BCUT2D eigenvalue weighted by molar-refractivity contribution is 8.04. The molecule has 0 radical (unpaired) electrons. The average molecular weight is 270 g/mol. The molecule has 4 heteroatoms. The number of hydrogen-bond donors (Lipinski definition) is 2. The summed E-state index contributed by atoms with van der Waals surface area (Å²) in [6, 6.07) is 11.7. The van der Waals surface area contributed by atoms with Crippen molar-refractivity contribution in [1.82, 2.24) is 0 Å². The van der Waals surface area contributed by atoms with Gasteiger partial charge in [-0.25, -0.2) is 0 Å². The van der Waals surface area contributed by atoms with Crippen LogP contribution in [0.5, 0.6) is 11.5 Å². The molecule has 1 aliphatic heterocycles. The van der Waals surface area contributed by atoms with E-state index in [-0.39, 0.29) is 17.3 Å². The second-order valence-electron chi connectivity index (χ2n) is 4.18. The minimum absolute atomic E-state index is 0.00617. The molecule has 0 aromatic heterocycles. The summed E-state index contributed by atoms with van der Waals surface area (Å²) in [5, 5.41) is 19.0. The van der Waals surface area contributed by atoms with E-state index in [9.17, 15) is 15.0 Å². The molecule has 0 spiro atoms. The number of carbonyl (C=O) groups excluding carboxylic acids is 1. The minimum atomic E-state index is -0.0446. The van der Waals surface area contributed by atoms with Gasteiger partial charge in [0.1, 0.15) is 11.5 Å². The number of ketones is 1. The van der Waals surface area contributed by atoms with Crippen molar-refractivity contribution >= 4 is 23.6 Å². The van der Waals surface area contributed by atoms with Crippen molar-refractivity contribution in [2.45, 2.75) is 4.90 Å². The van der Waals surface area contributed by atoms with Crippen LogP contribution in [0.2, 0.25) is 0 Å². The molecule has 0 amide bonds. The zero-order valence-electron chi connectivity index (χ0n) is 9.83. The molecule has 0 fully saturated rings. The van der Waals surface area contributed by atoms with Crippen LogP contribution in [0.25, 0.3) is 6.08 Å². The number of allylic oxidation sites excluding steroid dienone is 1. The summed E-state index contributed by atoms with van der Waals surface area (Å²) < 4.78 is 0. The van der Waals surface area contributed by atoms with E-state index in [1.807, 2.05) is 18.2 Å². The number of Topliss-reactive ketones (excluding diaryl/α,β-unsaturated/α-hetero) is 1. The molecule has 0 saturated carbocycles. The van der Waals surface area contributed by atoms with Gasteiger partial charge in [-0.3, -0.25) is 4.79 Å². The first kappa shape index (κ1) is 11.9. The lowest BCUT2D eigenvalue weighted by molar-refractivity contribution is 0.104. The number of rotatable bonds is 1. The number of aromatic hydroxyl groups is 2. The quantitative estimate of drug-likeness (QED) is 0.779. The van der Waals surface area contributed by atoms with Crippen LogP contribution in [-0.2, 0) is 0 Å². The van der Waals surface area contributed by atoms with Gasteiger partial charge in [-0.1, -0.05) is 23.9 Å². The van der Waals surface area contributed by atoms with Gasteiger partial charge in [0, 0.05) is 22.1 Å². The molecule has 0 bridgehead atoms. The molecule has 0 unspecified atom stereocenters. The normalized spacial score (nSPS) is 15.8. The molecule has 3 rings (SSSR count). The lowest BCUT2D eigenvalue weighted by atomic mass is 10.1. The van der Waals surface area contributed by atoms with Crippen LogP contribution in [0.3, 0.4) is 0 Å². The Labute approximate surface area is 114 Å². The van der Waals surface area contributed by atoms with Crippen molar-refractivity contribution in [1.29, 1.82) is 0 Å². The van der Waals surface area contributed by atoms with Gasteiger partial charge in [0.15, 0.2) is 0 Å². The van der Waals surface area contributed by atoms with E-state index in [2.05, 4.69) is 0 Å². The first-order valence-corrected chi connectivity index (χ1v) is 6.52. The maximum absolute atomic E-state index is 12.2. The van der Waals surface area contributed by atoms with Crippen LogP contribution in [0.15, 0.2) is 52.3 Å². The number of phenols is 2. The Morgan fingerprint density at radius 2 is 1.84 bits per heavy atom. The lowest BCUT2D eigenvalue weighted by Gasteiger charge is -2.01. The summed E-state index contributed by atoms with van der Waals surface area (Å²) in [7, 11) is 0. The van der Waals surface area contributed by atoms with Gasteiger partial charge in [0.25, 0.3) is 0 Å². The van der Waals surface area contributed by atoms with E-state index < -0.39 is 0 Å². The zero-order valence-corrected chi connectivity index (χ0v) is 10.6. The van der Waals surface area contributed by atoms with Crippen LogP contribution < -0.4 is 0 Å². The van der Waals surface area contributed by atoms with Crippen molar-refractivity contribution in [3.63, 3.8) is 0 Å². The van der Waals surface area contributed by atoms with E-state index >= 15 is 0 Å². The third kappa shape index (κ3) is 2.11. The minimum Gasteiger partial charge on any atom is -0.508 e. The zero-order chi connectivity index (χ0) is 13.4. The number of hydrogen-bond acceptors (Lipinski definition) is 4. The highest BCUT2D eigenvalue weighted by atomic mass is 32.2. The third-order valence-corrected chi connectivity index (χ3v) is 3.98. The molecule has 3 nitrogen and oxygen atoms in total. The lowest BCUT2D eigenvalue weighted by Crippen LogP contribution is -1.93. The molecule has 0 atom stereocenters. The number of benzene rings is 2. The highest BCUT2D eigenvalue weighted by Crippen LogP contribution is 2.41. The van der Waals surface area contributed by atoms with E-state index in [0.717, 1.165) is 4.90 Å². The van der Waals surface area contributed by atoms with Crippen molar-refractivity contribution in [2.24, 2.45) is 0 Å². The summed E-state index contributed by atoms with van der Waals surface area (Å²) in [5.74, 6) is -0.0849. The van der Waals surface area contributed by atoms with E-state index in [0.29, 0.717) is 16.0 Å². The predicted octanol–water partition coefficient (Wildman–Crippen LogP) is 3.43. The van der Waals surface area contributed by atoms with E-state index in [4.69, 9.17) is 0 Å². The molecule has 1 heterocycles. The Morgan fingerprint density at radius 1 is 1.05 bits per heavy atom.